The lowest BCUT2D eigenvalue weighted by Crippen LogP contribution is -2.33. The van der Waals surface area contributed by atoms with Crippen LogP contribution in [-0.4, -0.2) is 15.9 Å². The van der Waals surface area contributed by atoms with Crippen LogP contribution < -0.4 is 10.6 Å². The van der Waals surface area contributed by atoms with Gasteiger partial charge in [-0.2, -0.15) is 0 Å². The van der Waals surface area contributed by atoms with Crippen molar-refractivity contribution < 1.29 is 14.1 Å². The van der Waals surface area contributed by atoms with E-state index in [2.05, 4.69) is 10.6 Å². The van der Waals surface area contributed by atoms with Crippen LogP contribution >= 0.6 is 12.2 Å². The summed E-state index contributed by atoms with van der Waals surface area (Å²) in [6.07, 6.45) is 4.26. The van der Waals surface area contributed by atoms with E-state index in [1.165, 1.54) is 30.5 Å². The minimum absolute atomic E-state index is 0.0261. The van der Waals surface area contributed by atoms with E-state index in [1.54, 1.807) is 25.1 Å². The molecule has 0 aliphatic carbocycles. The number of nitrogens with one attached hydrogen (secondary N) is 2. The van der Waals surface area contributed by atoms with Crippen molar-refractivity contribution in [1.29, 1.82) is 0 Å². The van der Waals surface area contributed by atoms with Crippen LogP contribution in [-0.2, 0) is 4.79 Å². The Hall–Kier alpha value is -3.00. The predicted octanol–water partition coefficient (Wildman–Crippen LogP) is 3.02. The third-order valence-corrected chi connectivity index (χ3v) is 3.13. The minimum atomic E-state index is -0.478. The third-order valence-electron chi connectivity index (χ3n) is 2.93. The number of hydrogen-bond acceptors (Lipinski definition) is 5. The van der Waals surface area contributed by atoms with E-state index in [1.807, 2.05) is 0 Å². The first-order valence-corrected chi connectivity index (χ1v) is 6.96. The van der Waals surface area contributed by atoms with Gasteiger partial charge in [0.25, 0.3) is 5.69 Å². The summed E-state index contributed by atoms with van der Waals surface area (Å²) >= 11 is 5.02. The summed E-state index contributed by atoms with van der Waals surface area (Å²) in [5.74, 6) is 0.0931. The lowest BCUT2D eigenvalue weighted by atomic mass is 10.1. The number of nitrogens with zero attached hydrogens (tertiary/aromatic N) is 1. The molecule has 1 aromatic heterocycles. The molecule has 0 unspecified atom stereocenters. The molecule has 1 aromatic carbocycles. The van der Waals surface area contributed by atoms with Crippen LogP contribution in [0.1, 0.15) is 11.3 Å². The van der Waals surface area contributed by atoms with Gasteiger partial charge in [-0.1, -0.05) is 6.07 Å². The average molecular weight is 331 g/mol. The molecule has 1 amide bonds. The highest BCUT2D eigenvalue weighted by atomic mass is 32.1. The Balaban J connectivity index is 1.98. The van der Waals surface area contributed by atoms with Crippen molar-refractivity contribution >= 4 is 40.7 Å². The standard InChI is InChI=1S/C15H13N3O4S/c1-10-12(5-2-6-13(10)18(20)21)16-15(23)17-14(19)8-7-11-4-3-9-22-11/h2-9H,1H3,(H2,16,17,19,23). The number of amides is 1. The first-order chi connectivity index (χ1) is 11.0. The van der Waals surface area contributed by atoms with Crippen LogP contribution in [0.4, 0.5) is 11.4 Å². The van der Waals surface area contributed by atoms with Crippen molar-refractivity contribution in [3.05, 3.63) is 64.1 Å². The number of nitro groups is 1. The van der Waals surface area contributed by atoms with Gasteiger partial charge >= 0.3 is 0 Å². The zero-order valence-corrected chi connectivity index (χ0v) is 12.9. The van der Waals surface area contributed by atoms with Crippen molar-refractivity contribution in [3.63, 3.8) is 0 Å². The quantitative estimate of drug-likeness (QED) is 0.387. The van der Waals surface area contributed by atoms with Gasteiger partial charge in [0.2, 0.25) is 5.91 Å². The number of anilines is 1. The van der Waals surface area contributed by atoms with Crippen molar-refractivity contribution in [2.75, 3.05) is 5.32 Å². The molecule has 0 fully saturated rings. The topological polar surface area (TPSA) is 97.4 Å². The second-order valence-corrected chi connectivity index (χ2v) is 4.91. The lowest BCUT2D eigenvalue weighted by Gasteiger charge is -2.10. The van der Waals surface area contributed by atoms with Crippen LogP contribution in [0.2, 0.25) is 0 Å². The average Bonchev–Trinajstić information content (AvgIpc) is 3.00. The molecule has 7 nitrogen and oxygen atoms in total. The van der Waals surface area contributed by atoms with E-state index in [-0.39, 0.29) is 10.8 Å². The maximum absolute atomic E-state index is 11.7. The van der Waals surface area contributed by atoms with Gasteiger partial charge in [-0.25, -0.2) is 0 Å². The molecule has 2 aromatic rings. The molecule has 0 bridgehead atoms. The maximum Gasteiger partial charge on any atom is 0.274 e. The smallest absolute Gasteiger partial charge is 0.274 e. The molecule has 0 aliphatic rings. The third kappa shape index (κ3) is 4.48. The van der Waals surface area contributed by atoms with E-state index in [4.69, 9.17) is 16.6 Å². The number of furan rings is 1. The fourth-order valence-electron chi connectivity index (χ4n) is 1.81. The second kappa shape index (κ2) is 7.32. The Morgan fingerprint density at radius 2 is 2.13 bits per heavy atom. The van der Waals surface area contributed by atoms with Gasteiger partial charge in [0, 0.05) is 12.1 Å². The lowest BCUT2D eigenvalue weighted by molar-refractivity contribution is -0.385. The number of hydrogen-bond donors (Lipinski definition) is 2. The fourth-order valence-corrected chi connectivity index (χ4v) is 2.02. The van der Waals surface area contributed by atoms with Crippen molar-refractivity contribution in [2.45, 2.75) is 6.92 Å². The van der Waals surface area contributed by atoms with Gasteiger partial charge in [0.1, 0.15) is 5.76 Å². The molecule has 0 atom stereocenters. The highest BCUT2D eigenvalue weighted by Gasteiger charge is 2.14. The zero-order valence-electron chi connectivity index (χ0n) is 12.1. The highest BCUT2D eigenvalue weighted by Crippen LogP contribution is 2.24. The van der Waals surface area contributed by atoms with Gasteiger partial charge in [-0.3, -0.25) is 20.2 Å². The molecule has 2 rings (SSSR count). The maximum atomic E-state index is 11.7. The summed E-state index contributed by atoms with van der Waals surface area (Å²) in [4.78, 5) is 22.1. The molecular weight excluding hydrogens is 318 g/mol. The van der Waals surface area contributed by atoms with Gasteiger partial charge in [-0.15, -0.1) is 0 Å². The van der Waals surface area contributed by atoms with Crippen molar-refractivity contribution in [3.8, 4) is 0 Å². The van der Waals surface area contributed by atoms with Crippen molar-refractivity contribution in [2.24, 2.45) is 0 Å². The summed E-state index contributed by atoms with van der Waals surface area (Å²) in [6.45, 7) is 1.60. The fraction of sp³-hybridized carbons (Fsp3) is 0.0667. The Bertz CT molecular complexity index is 769. The number of carbonyl (C=O) groups excluding carboxylic acids is 1. The summed E-state index contributed by atoms with van der Waals surface area (Å²) in [7, 11) is 0. The molecule has 23 heavy (non-hydrogen) atoms. The highest BCUT2D eigenvalue weighted by molar-refractivity contribution is 7.80. The number of carbonyl (C=O) groups is 1. The number of thiocarbonyl (C=S) groups is 1. The molecule has 2 N–H and O–H groups in total. The van der Waals surface area contributed by atoms with Crippen LogP contribution in [0.15, 0.2) is 47.1 Å². The van der Waals surface area contributed by atoms with Gasteiger partial charge in [-0.05, 0) is 43.4 Å². The van der Waals surface area contributed by atoms with Gasteiger partial charge in [0.05, 0.1) is 22.4 Å². The Kier molecular flexibility index (Phi) is 5.21. The first-order valence-electron chi connectivity index (χ1n) is 6.55. The summed E-state index contributed by atoms with van der Waals surface area (Å²) in [6, 6.07) is 7.98. The second-order valence-electron chi connectivity index (χ2n) is 4.50. The van der Waals surface area contributed by atoms with E-state index < -0.39 is 10.8 Å². The zero-order chi connectivity index (χ0) is 16.8. The van der Waals surface area contributed by atoms with Crippen LogP contribution in [0.5, 0.6) is 0 Å². The number of nitro benzene ring substituents is 1. The monoisotopic (exact) mass is 331 g/mol. The number of benzene rings is 1. The summed E-state index contributed by atoms with van der Waals surface area (Å²) < 4.78 is 5.06. The molecule has 0 saturated heterocycles. The van der Waals surface area contributed by atoms with Crippen molar-refractivity contribution in [1.82, 2.24) is 5.32 Å². The predicted molar refractivity (Wildman–Crippen MR) is 89.9 cm³/mol. The Morgan fingerprint density at radius 1 is 1.35 bits per heavy atom. The van der Waals surface area contributed by atoms with E-state index in [0.717, 1.165) is 0 Å². The summed E-state index contributed by atoms with van der Waals surface area (Å²) in [5.41, 5.74) is 0.863. The molecule has 0 aliphatic heterocycles. The Morgan fingerprint density at radius 3 is 2.78 bits per heavy atom. The Labute approximate surface area is 137 Å². The van der Waals surface area contributed by atoms with E-state index in [0.29, 0.717) is 17.0 Å². The number of rotatable bonds is 4. The molecule has 0 spiro atoms. The van der Waals surface area contributed by atoms with E-state index in [9.17, 15) is 14.9 Å². The normalized spacial score (nSPS) is 10.5. The van der Waals surface area contributed by atoms with Crippen LogP contribution in [0.25, 0.3) is 6.08 Å². The van der Waals surface area contributed by atoms with Gasteiger partial charge in [0.15, 0.2) is 5.11 Å². The molecule has 1 heterocycles. The van der Waals surface area contributed by atoms with Gasteiger partial charge < -0.3 is 9.73 Å². The molecule has 0 radical (unpaired) electrons. The summed E-state index contributed by atoms with van der Waals surface area (Å²) in [5, 5.41) is 16.2. The molecule has 8 heteroatoms. The molecule has 118 valence electrons. The van der Waals surface area contributed by atoms with E-state index >= 15 is 0 Å². The largest absolute Gasteiger partial charge is 0.465 e. The first kappa shape index (κ1) is 16.4. The molecular formula is C15H13N3O4S. The minimum Gasteiger partial charge on any atom is -0.465 e. The SMILES string of the molecule is Cc1c(NC(=S)NC(=O)C=Cc2ccco2)cccc1[N+](=O)[O-]. The molecule has 0 saturated carbocycles. The van der Waals surface area contributed by atoms with Crippen LogP contribution in [0.3, 0.4) is 0 Å². The van der Waals surface area contributed by atoms with Crippen LogP contribution in [0, 0.1) is 17.0 Å².